The van der Waals surface area contributed by atoms with E-state index in [0.717, 1.165) is 5.56 Å². The van der Waals surface area contributed by atoms with Gasteiger partial charge in [-0.15, -0.1) is 0 Å². The molecule has 0 heterocycles. The Morgan fingerprint density at radius 3 is 1.58 bits per heavy atom. The third-order valence-corrected chi connectivity index (χ3v) is 4.65. The molecule has 100 valence electrons. The smallest absolute Gasteiger partial charge is 0.167 e. The lowest BCUT2D eigenvalue weighted by Crippen LogP contribution is -1.89. The van der Waals surface area contributed by atoms with E-state index in [0.29, 0.717) is 5.75 Å². The Kier molecular flexibility index (Phi) is 4.75. The van der Waals surface area contributed by atoms with Crippen molar-refractivity contribution in [3.05, 3.63) is 54.9 Å². The molecule has 0 spiro atoms. The van der Waals surface area contributed by atoms with Gasteiger partial charge in [0.25, 0.3) is 0 Å². The molecule has 6 heteroatoms. The summed E-state index contributed by atoms with van der Waals surface area (Å²) < 4.78 is 5.62. The molecular weight excluding hydrogens is 349 g/mol. The number of hydrogen-bond donors (Lipinski definition) is 0. The first-order valence-electron chi connectivity index (χ1n) is 5.17. The molecule has 0 unspecified atom stereocenters. The second kappa shape index (κ2) is 5.99. The van der Waals surface area contributed by atoms with E-state index in [2.05, 4.69) is 0 Å². The van der Waals surface area contributed by atoms with Crippen LogP contribution in [0.25, 0.3) is 0 Å². The average Bonchev–Trinajstić information content (AvgIpc) is 2.41. The Morgan fingerprint density at radius 1 is 0.684 bits per heavy atom. The molecule has 0 saturated carbocycles. The highest BCUT2D eigenvalue weighted by molar-refractivity contribution is 6.55. The van der Waals surface area contributed by atoms with Crippen molar-refractivity contribution in [2.24, 2.45) is 0 Å². The molecule has 0 amide bonds. The first kappa shape index (κ1) is 15.1. The van der Waals surface area contributed by atoms with E-state index < -0.39 is 0 Å². The molecule has 2 aromatic carbocycles. The zero-order valence-corrected chi connectivity index (χ0v) is 13.4. The van der Waals surface area contributed by atoms with Crippen LogP contribution < -0.4 is 4.74 Å². The molecule has 19 heavy (non-hydrogen) atoms. The van der Waals surface area contributed by atoms with Gasteiger partial charge in [0, 0.05) is 0 Å². The Morgan fingerprint density at radius 2 is 1.11 bits per heavy atom. The van der Waals surface area contributed by atoms with Crippen LogP contribution in [0.4, 0.5) is 0 Å². The molecule has 0 aliphatic rings. The predicted molar refractivity (Wildman–Crippen MR) is 82.7 cm³/mol. The minimum Gasteiger partial charge on any atom is -0.454 e. The van der Waals surface area contributed by atoms with E-state index in [-0.39, 0.29) is 30.9 Å². The first-order chi connectivity index (χ1) is 8.91. The molecule has 2 rings (SSSR count). The standard InChI is InChI=1S/C13H7Cl5O/c1-6-2-4-7(5-3-6)19-13-11(17)9(15)8(14)10(16)12(13)18/h2-5H,1H3. The highest BCUT2D eigenvalue weighted by Crippen LogP contribution is 2.49. The van der Waals surface area contributed by atoms with Gasteiger partial charge in [-0.05, 0) is 19.1 Å². The Balaban J connectivity index is 2.48. The topological polar surface area (TPSA) is 9.23 Å². The quantitative estimate of drug-likeness (QED) is 0.413. The summed E-state index contributed by atoms with van der Waals surface area (Å²) in [7, 11) is 0. The molecule has 0 fully saturated rings. The summed E-state index contributed by atoms with van der Waals surface area (Å²) in [6.07, 6.45) is 0. The van der Waals surface area contributed by atoms with Crippen LogP contribution in [0, 0.1) is 6.92 Å². The summed E-state index contributed by atoms with van der Waals surface area (Å²) in [4.78, 5) is 0. The van der Waals surface area contributed by atoms with Gasteiger partial charge in [0.2, 0.25) is 0 Å². The summed E-state index contributed by atoms with van der Waals surface area (Å²) in [6, 6.07) is 7.38. The molecule has 0 aliphatic carbocycles. The number of aryl methyl sites for hydroxylation is 1. The lowest BCUT2D eigenvalue weighted by Gasteiger charge is -2.13. The molecule has 1 nitrogen and oxygen atoms in total. The van der Waals surface area contributed by atoms with Gasteiger partial charge in [-0.3, -0.25) is 0 Å². The van der Waals surface area contributed by atoms with Crippen LogP contribution in [0.2, 0.25) is 25.1 Å². The third-order valence-electron chi connectivity index (χ3n) is 2.41. The molecular formula is C13H7Cl5O. The van der Waals surface area contributed by atoms with E-state index in [4.69, 9.17) is 62.7 Å². The zero-order chi connectivity index (χ0) is 14.2. The maximum absolute atomic E-state index is 6.07. The van der Waals surface area contributed by atoms with E-state index in [1.165, 1.54) is 0 Å². The monoisotopic (exact) mass is 354 g/mol. The second-order valence-corrected chi connectivity index (χ2v) is 5.70. The number of rotatable bonds is 2. The van der Waals surface area contributed by atoms with Crippen molar-refractivity contribution >= 4 is 58.0 Å². The van der Waals surface area contributed by atoms with Crippen molar-refractivity contribution in [1.82, 2.24) is 0 Å². The van der Waals surface area contributed by atoms with E-state index in [1.54, 1.807) is 12.1 Å². The fourth-order valence-corrected chi connectivity index (χ4v) is 2.60. The summed E-state index contributed by atoms with van der Waals surface area (Å²) in [5.41, 5.74) is 1.11. The molecule has 0 aromatic heterocycles. The predicted octanol–water partition coefficient (Wildman–Crippen LogP) is 7.05. The SMILES string of the molecule is Cc1ccc(Oc2c(Cl)c(Cl)c(Cl)c(Cl)c2Cl)cc1. The van der Waals surface area contributed by atoms with Gasteiger partial charge < -0.3 is 4.74 Å². The van der Waals surface area contributed by atoms with Crippen molar-refractivity contribution in [2.75, 3.05) is 0 Å². The Labute approximate surface area is 135 Å². The van der Waals surface area contributed by atoms with E-state index in [1.807, 2.05) is 19.1 Å². The third kappa shape index (κ3) is 3.07. The van der Waals surface area contributed by atoms with Crippen LogP contribution >= 0.6 is 58.0 Å². The van der Waals surface area contributed by atoms with Crippen LogP contribution in [0.15, 0.2) is 24.3 Å². The van der Waals surface area contributed by atoms with Crippen LogP contribution in [0.3, 0.4) is 0 Å². The number of halogens is 5. The lowest BCUT2D eigenvalue weighted by atomic mass is 10.2. The highest BCUT2D eigenvalue weighted by Gasteiger charge is 2.20. The van der Waals surface area contributed by atoms with Crippen molar-refractivity contribution in [3.8, 4) is 11.5 Å². The summed E-state index contributed by atoms with van der Waals surface area (Å²) in [6.45, 7) is 1.97. The van der Waals surface area contributed by atoms with Crippen LogP contribution in [0.1, 0.15) is 5.56 Å². The van der Waals surface area contributed by atoms with Gasteiger partial charge in [0.15, 0.2) is 5.75 Å². The largest absolute Gasteiger partial charge is 0.454 e. The Hall–Kier alpha value is -0.310. The van der Waals surface area contributed by atoms with Gasteiger partial charge in [-0.1, -0.05) is 75.7 Å². The van der Waals surface area contributed by atoms with Crippen molar-refractivity contribution in [1.29, 1.82) is 0 Å². The van der Waals surface area contributed by atoms with Crippen LogP contribution in [-0.4, -0.2) is 0 Å². The van der Waals surface area contributed by atoms with Gasteiger partial charge in [-0.25, -0.2) is 0 Å². The maximum atomic E-state index is 6.07. The molecule has 0 radical (unpaired) electrons. The Bertz CT molecular complexity index is 593. The van der Waals surface area contributed by atoms with Crippen LogP contribution in [-0.2, 0) is 0 Å². The molecule has 0 N–H and O–H groups in total. The minimum absolute atomic E-state index is 0.106. The number of benzene rings is 2. The van der Waals surface area contributed by atoms with E-state index >= 15 is 0 Å². The van der Waals surface area contributed by atoms with Gasteiger partial charge in [-0.2, -0.15) is 0 Å². The fraction of sp³-hybridized carbons (Fsp3) is 0.0769. The van der Waals surface area contributed by atoms with Crippen molar-refractivity contribution in [2.45, 2.75) is 6.92 Å². The average molecular weight is 356 g/mol. The van der Waals surface area contributed by atoms with Crippen LogP contribution in [0.5, 0.6) is 11.5 Å². The highest BCUT2D eigenvalue weighted by atomic mass is 35.5. The molecule has 0 atom stereocenters. The zero-order valence-electron chi connectivity index (χ0n) is 9.61. The molecule has 0 saturated heterocycles. The van der Waals surface area contributed by atoms with Gasteiger partial charge >= 0.3 is 0 Å². The van der Waals surface area contributed by atoms with E-state index in [9.17, 15) is 0 Å². The fourth-order valence-electron chi connectivity index (χ4n) is 1.40. The number of hydrogen-bond acceptors (Lipinski definition) is 1. The first-order valence-corrected chi connectivity index (χ1v) is 7.06. The molecule has 0 bridgehead atoms. The summed E-state index contributed by atoms with van der Waals surface area (Å²) in [5.74, 6) is 0.760. The van der Waals surface area contributed by atoms with Crippen molar-refractivity contribution < 1.29 is 4.74 Å². The minimum atomic E-state index is 0.106. The van der Waals surface area contributed by atoms with Gasteiger partial charge in [0.1, 0.15) is 15.8 Å². The normalized spacial score (nSPS) is 10.6. The number of ether oxygens (including phenoxy) is 1. The molecule has 0 aliphatic heterocycles. The second-order valence-electron chi connectivity index (χ2n) is 3.81. The van der Waals surface area contributed by atoms with Gasteiger partial charge in [0.05, 0.1) is 15.1 Å². The summed E-state index contributed by atoms with van der Waals surface area (Å²) >= 11 is 30.0. The molecule has 2 aromatic rings. The summed E-state index contributed by atoms with van der Waals surface area (Å²) in [5, 5.41) is 0.581. The lowest BCUT2D eigenvalue weighted by molar-refractivity contribution is 0.483. The van der Waals surface area contributed by atoms with Crippen molar-refractivity contribution in [3.63, 3.8) is 0 Å². The maximum Gasteiger partial charge on any atom is 0.167 e.